The molecule has 1 aliphatic rings. The average molecular weight is 275 g/mol. The van der Waals surface area contributed by atoms with Crippen LogP contribution in [0.5, 0.6) is 0 Å². The normalized spacial score (nSPS) is 20.4. The highest BCUT2D eigenvalue weighted by atomic mass is 16.5. The Bertz CT molecular complexity index is 458. The Hall–Kier alpha value is -0.860. The van der Waals surface area contributed by atoms with Crippen LogP contribution in [-0.4, -0.2) is 19.3 Å². The molecule has 1 aromatic carbocycles. The summed E-state index contributed by atoms with van der Waals surface area (Å²) in [6, 6.07) is 0.334. The number of ether oxygens (including phenoxy) is 1. The number of hydrogen-bond acceptors (Lipinski definition) is 2. The summed E-state index contributed by atoms with van der Waals surface area (Å²) >= 11 is 0. The van der Waals surface area contributed by atoms with Crippen LogP contribution < -0.4 is 5.32 Å². The Balaban J connectivity index is 2.52. The summed E-state index contributed by atoms with van der Waals surface area (Å²) in [6.07, 6.45) is 2.69. The third kappa shape index (κ3) is 2.64. The summed E-state index contributed by atoms with van der Waals surface area (Å²) in [7, 11) is 0. The molecule has 0 radical (unpaired) electrons. The molecule has 1 aliphatic heterocycles. The Morgan fingerprint density at radius 2 is 1.55 bits per heavy atom. The van der Waals surface area contributed by atoms with Crippen molar-refractivity contribution in [3.05, 3.63) is 33.4 Å². The first-order chi connectivity index (χ1) is 9.49. The van der Waals surface area contributed by atoms with Crippen molar-refractivity contribution in [2.24, 2.45) is 0 Å². The Morgan fingerprint density at radius 1 is 1.00 bits per heavy atom. The highest BCUT2D eigenvalue weighted by molar-refractivity contribution is 5.51. The van der Waals surface area contributed by atoms with Crippen LogP contribution in [0.1, 0.15) is 59.2 Å². The number of benzene rings is 1. The van der Waals surface area contributed by atoms with Gasteiger partial charge in [-0.15, -0.1) is 0 Å². The smallest absolute Gasteiger partial charge is 0.0770 e. The van der Waals surface area contributed by atoms with Crippen molar-refractivity contribution < 1.29 is 4.74 Å². The summed E-state index contributed by atoms with van der Waals surface area (Å²) in [5, 5.41) is 3.67. The molecule has 0 amide bonds. The molecule has 0 saturated carbocycles. The highest BCUT2D eigenvalue weighted by Gasteiger charge is 2.30. The topological polar surface area (TPSA) is 21.3 Å². The maximum atomic E-state index is 5.98. The zero-order chi connectivity index (χ0) is 14.9. The Labute approximate surface area is 123 Å². The van der Waals surface area contributed by atoms with Gasteiger partial charge in [0.1, 0.15) is 0 Å². The van der Waals surface area contributed by atoms with E-state index in [9.17, 15) is 0 Å². The number of hydrogen-bond donors (Lipinski definition) is 1. The molecule has 1 fully saturated rings. The first kappa shape index (κ1) is 15.5. The predicted octanol–water partition coefficient (Wildman–Crippen LogP) is 4.06. The van der Waals surface area contributed by atoms with E-state index in [0.717, 1.165) is 13.2 Å². The molecule has 20 heavy (non-hydrogen) atoms. The van der Waals surface area contributed by atoms with Crippen LogP contribution >= 0.6 is 0 Å². The first-order valence-electron chi connectivity index (χ1n) is 7.90. The lowest BCUT2D eigenvalue weighted by molar-refractivity contribution is 0.0784. The summed E-state index contributed by atoms with van der Waals surface area (Å²) in [6.45, 7) is 15.3. The zero-order valence-electron chi connectivity index (χ0n) is 13.9. The number of likely N-dealkylation sites (N-methyl/N-ethyl adjacent to an activating group) is 1. The third-order valence-electron chi connectivity index (χ3n) is 5.13. The van der Waals surface area contributed by atoms with E-state index in [1.165, 1.54) is 46.2 Å². The van der Waals surface area contributed by atoms with Gasteiger partial charge in [0, 0.05) is 6.61 Å². The van der Waals surface area contributed by atoms with Crippen LogP contribution in [0.15, 0.2) is 0 Å². The second-order valence-corrected chi connectivity index (χ2v) is 6.13. The van der Waals surface area contributed by atoms with Crippen molar-refractivity contribution in [2.45, 2.75) is 66.5 Å². The lowest BCUT2D eigenvalue weighted by atomic mass is 9.84. The fourth-order valence-corrected chi connectivity index (χ4v) is 3.50. The van der Waals surface area contributed by atoms with E-state index >= 15 is 0 Å². The van der Waals surface area contributed by atoms with Gasteiger partial charge in [0.05, 0.1) is 12.1 Å². The molecule has 2 unspecified atom stereocenters. The molecule has 1 aromatic rings. The highest BCUT2D eigenvalue weighted by Crippen LogP contribution is 2.35. The molecule has 2 rings (SSSR count). The summed E-state index contributed by atoms with van der Waals surface area (Å²) in [5.74, 6) is 0. The summed E-state index contributed by atoms with van der Waals surface area (Å²) in [5.41, 5.74) is 8.65. The van der Waals surface area contributed by atoms with Crippen molar-refractivity contribution in [2.75, 3.05) is 13.2 Å². The minimum absolute atomic E-state index is 0.328. The van der Waals surface area contributed by atoms with Crippen molar-refractivity contribution in [1.29, 1.82) is 0 Å². The fourth-order valence-electron chi connectivity index (χ4n) is 3.50. The maximum Gasteiger partial charge on any atom is 0.0770 e. The van der Waals surface area contributed by atoms with Crippen LogP contribution in [-0.2, 0) is 4.74 Å². The minimum Gasteiger partial charge on any atom is -0.376 e. The predicted molar refractivity (Wildman–Crippen MR) is 85.5 cm³/mol. The van der Waals surface area contributed by atoms with Crippen LogP contribution in [0.4, 0.5) is 0 Å². The van der Waals surface area contributed by atoms with Gasteiger partial charge >= 0.3 is 0 Å². The van der Waals surface area contributed by atoms with E-state index in [1.54, 1.807) is 0 Å². The van der Waals surface area contributed by atoms with Crippen molar-refractivity contribution in [3.8, 4) is 0 Å². The molecule has 112 valence electrons. The van der Waals surface area contributed by atoms with E-state index in [1.807, 2.05) is 0 Å². The van der Waals surface area contributed by atoms with E-state index in [0.29, 0.717) is 12.1 Å². The van der Waals surface area contributed by atoms with Gasteiger partial charge in [-0.25, -0.2) is 0 Å². The van der Waals surface area contributed by atoms with Gasteiger partial charge in [0.15, 0.2) is 0 Å². The molecule has 1 N–H and O–H groups in total. The van der Waals surface area contributed by atoms with E-state index in [2.05, 4.69) is 46.9 Å². The zero-order valence-corrected chi connectivity index (χ0v) is 13.9. The molecule has 1 saturated heterocycles. The van der Waals surface area contributed by atoms with Gasteiger partial charge in [-0.05, 0) is 87.4 Å². The van der Waals surface area contributed by atoms with Gasteiger partial charge in [-0.2, -0.15) is 0 Å². The second-order valence-electron chi connectivity index (χ2n) is 6.13. The van der Waals surface area contributed by atoms with Crippen LogP contribution in [0.25, 0.3) is 0 Å². The molecule has 0 aromatic heterocycles. The number of nitrogens with one attached hydrogen (secondary N) is 1. The molecular weight excluding hydrogens is 246 g/mol. The standard InChI is InChI=1S/C18H29NO/c1-7-19-18(16-9-8-10-20-16)17-14(5)12(3)11(2)13(4)15(17)6/h16,18-19H,7-10H2,1-6H3. The van der Waals surface area contributed by atoms with E-state index in [-0.39, 0.29) is 0 Å². The quantitative estimate of drug-likeness (QED) is 0.894. The third-order valence-corrected chi connectivity index (χ3v) is 5.13. The van der Waals surface area contributed by atoms with E-state index < -0.39 is 0 Å². The molecule has 2 nitrogen and oxygen atoms in total. The Morgan fingerprint density at radius 3 is 2.00 bits per heavy atom. The van der Waals surface area contributed by atoms with Crippen molar-refractivity contribution in [3.63, 3.8) is 0 Å². The van der Waals surface area contributed by atoms with Crippen LogP contribution in [0.3, 0.4) is 0 Å². The minimum atomic E-state index is 0.328. The number of rotatable bonds is 4. The lowest BCUT2D eigenvalue weighted by Crippen LogP contribution is -2.33. The maximum absolute atomic E-state index is 5.98. The van der Waals surface area contributed by atoms with Crippen molar-refractivity contribution in [1.82, 2.24) is 5.32 Å². The second kappa shape index (κ2) is 6.28. The van der Waals surface area contributed by atoms with Crippen molar-refractivity contribution >= 4 is 0 Å². The monoisotopic (exact) mass is 275 g/mol. The van der Waals surface area contributed by atoms with Gasteiger partial charge in [-0.3, -0.25) is 0 Å². The lowest BCUT2D eigenvalue weighted by Gasteiger charge is -2.30. The summed E-state index contributed by atoms with van der Waals surface area (Å²) in [4.78, 5) is 0. The Kier molecular flexibility index (Phi) is 4.87. The summed E-state index contributed by atoms with van der Waals surface area (Å²) < 4.78 is 5.98. The van der Waals surface area contributed by atoms with Gasteiger partial charge < -0.3 is 10.1 Å². The van der Waals surface area contributed by atoms with Crippen LogP contribution in [0, 0.1) is 34.6 Å². The largest absolute Gasteiger partial charge is 0.376 e. The van der Waals surface area contributed by atoms with Crippen LogP contribution in [0.2, 0.25) is 0 Å². The molecule has 0 aliphatic carbocycles. The van der Waals surface area contributed by atoms with Gasteiger partial charge in [0.2, 0.25) is 0 Å². The molecular formula is C18H29NO. The molecule has 2 heteroatoms. The molecule has 2 atom stereocenters. The fraction of sp³-hybridized carbons (Fsp3) is 0.667. The average Bonchev–Trinajstić information content (AvgIpc) is 2.96. The molecule has 0 spiro atoms. The first-order valence-corrected chi connectivity index (χ1v) is 7.90. The van der Waals surface area contributed by atoms with Gasteiger partial charge in [0.25, 0.3) is 0 Å². The molecule has 1 heterocycles. The SMILES string of the molecule is CCNC(c1c(C)c(C)c(C)c(C)c1C)C1CCCO1. The molecule has 0 bridgehead atoms. The van der Waals surface area contributed by atoms with Gasteiger partial charge in [-0.1, -0.05) is 6.92 Å². The van der Waals surface area contributed by atoms with E-state index in [4.69, 9.17) is 4.74 Å².